The van der Waals surface area contributed by atoms with Gasteiger partial charge in [-0.25, -0.2) is 23.2 Å². The topological polar surface area (TPSA) is 130 Å². The second kappa shape index (κ2) is 14.1. The molecule has 1 saturated carbocycles. The number of nitrogens with two attached hydrogens (primary N) is 1. The van der Waals surface area contributed by atoms with Gasteiger partial charge in [0.2, 0.25) is 10.0 Å². The predicted molar refractivity (Wildman–Crippen MR) is 175 cm³/mol. The minimum atomic E-state index is -2.33. The molecular formula is C33H30F2N4O4S3. The summed E-state index contributed by atoms with van der Waals surface area (Å²) < 4.78 is 48.6. The standard InChI is InChI=1S/C33H28F2N4O3S3.H2O/c1-3-42-32(40)28-18-43-33(37-28)39-29(16-20-5-6-20)25(14-21-7-13-30(45(36)41)27(35)15-21)31(38-39)23-9-12-26(34)22(17-23)8-11-24-10-4-19(2)44-24;/h4,7,9-10,12-13,15,17-18,20H,3,5-6,14,16H2,1-2H3,(H2,36,41);1H2. The third-order valence-electron chi connectivity index (χ3n) is 7.36. The normalized spacial score (nSPS) is 13.1. The highest BCUT2D eigenvalue weighted by Crippen LogP contribution is 2.38. The van der Waals surface area contributed by atoms with Crippen molar-refractivity contribution in [3.05, 3.63) is 103 Å². The summed E-state index contributed by atoms with van der Waals surface area (Å²) in [4.78, 5) is 18.9. The second-order valence-corrected chi connectivity index (χ2v) is 14.0. The first-order chi connectivity index (χ1) is 21.7. The maximum atomic E-state index is 15.0. The zero-order valence-electron chi connectivity index (χ0n) is 24.9. The van der Waals surface area contributed by atoms with Crippen LogP contribution in [0.2, 0.25) is 0 Å². The van der Waals surface area contributed by atoms with Crippen LogP contribution in [-0.4, -0.2) is 32.8 Å². The van der Waals surface area contributed by atoms with Crippen molar-refractivity contribution in [1.29, 1.82) is 0 Å². The Hall–Kier alpha value is -4.06. The third kappa shape index (κ3) is 7.32. The lowest BCUT2D eigenvalue weighted by Gasteiger charge is -2.09. The summed E-state index contributed by atoms with van der Waals surface area (Å²) in [5.41, 5.74) is 3.94. The van der Waals surface area contributed by atoms with Crippen molar-refractivity contribution in [2.75, 3.05) is 6.61 Å². The molecule has 1 fully saturated rings. The molecule has 0 bridgehead atoms. The number of nitrogens with zero attached hydrogens (tertiary/aromatic N) is 3. The van der Waals surface area contributed by atoms with Gasteiger partial charge in [-0.1, -0.05) is 22.1 Å². The number of aryl methyl sites for hydroxylation is 1. The van der Waals surface area contributed by atoms with E-state index < -0.39 is 28.6 Å². The van der Waals surface area contributed by atoms with Crippen molar-refractivity contribution >= 4 is 39.6 Å². The predicted octanol–water partition coefficient (Wildman–Crippen LogP) is 6.52. The fourth-order valence-electron chi connectivity index (χ4n) is 4.97. The molecule has 3 heterocycles. The number of benzene rings is 2. The molecule has 3 aromatic heterocycles. The number of rotatable bonds is 9. The van der Waals surface area contributed by atoms with Crippen LogP contribution < -0.4 is 5.14 Å². The van der Waals surface area contributed by atoms with E-state index in [0.29, 0.717) is 40.7 Å². The molecule has 0 aliphatic heterocycles. The van der Waals surface area contributed by atoms with Gasteiger partial charge in [-0.3, -0.25) is 0 Å². The number of carbonyl (C=O) groups excluding carboxylic acids is 1. The molecule has 0 spiro atoms. The molecular weight excluding hydrogens is 651 g/mol. The van der Waals surface area contributed by atoms with Gasteiger partial charge >= 0.3 is 5.97 Å². The van der Waals surface area contributed by atoms with Crippen molar-refractivity contribution in [3.8, 4) is 28.2 Å². The van der Waals surface area contributed by atoms with E-state index in [9.17, 15) is 13.4 Å². The van der Waals surface area contributed by atoms with Gasteiger partial charge < -0.3 is 10.2 Å². The Labute approximate surface area is 275 Å². The Morgan fingerprint density at radius 2 is 1.93 bits per heavy atom. The molecule has 8 nitrogen and oxygen atoms in total. The molecule has 238 valence electrons. The Bertz CT molecular complexity index is 2000. The number of carbonyl (C=O) groups is 1. The van der Waals surface area contributed by atoms with E-state index in [1.807, 2.05) is 19.1 Å². The first kappa shape index (κ1) is 33.3. The van der Waals surface area contributed by atoms with E-state index in [2.05, 4.69) is 16.8 Å². The minimum Gasteiger partial charge on any atom is -0.870 e. The zero-order valence-corrected chi connectivity index (χ0v) is 27.4. The average Bonchev–Trinajstić information content (AvgIpc) is 3.35. The lowest BCUT2D eigenvalue weighted by molar-refractivity contribution is 0.0520. The number of hydrogen-bond acceptors (Lipinski definition) is 8. The van der Waals surface area contributed by atoms with Gasteiger partial charge in [0.15, 0.2) is 22.5 Å². The molecule has 2 aromatic carbocycles. The Morgan fingerprint density at radius 3 is 2.61 bits per heavy atom. The summed E-state index contributed by atoms with van der Waals surface area (Å²) in [5, 5.41) is 12.6. The Kier molecular flexibility index (Phi) is 10.2. The van der Waals surface area contributed by atoms with E-state index in [1.54, 1.807) is 35.2 Å². The average molecular weight is 681 g/mol. The fraction of sp³-hybridized carbons (Fsp3) is 0.242. The molecule has 0 saturated heterocycles. The van der Waals surface area contributed by atoms with Crippen LogP contribution in [0.3, 0.4) is 0 Å². The van der Waals surface area contributed by atoms with Gasteiger partial charge in [-0.15, -0.1) is 27.8 Å². The van der Waals surface area contributed by atoms with E-state index in [-0.39, 0.29) is 28.2 Å². The minimum absolute atomic E-state index is 0. The monoisotopic (exact) mass is 680 g/mol. The van der Waals surface area contributed by atoms with Crippen molar-refractivity contribution in [3.63, 3.8) is 0 Å². The summed E-state index contributed by atoms with van der Waals surface area (Å²) in [6, 6.07) is 13.1. The summed E-state index contributed by atoms with van der Waals surface area (Å²) >= 11 is 2.80. The SMILES string of the molecule is CCOC(=O)c1csc(-n2nc(-c3ccc(F)c(C#Cc4ccc(C)s4)c3)c(Cc3ccc([SH+](N)=O)c(F)c3)c2CC2CC2)n1.[OH-]. The molecule has 1 aliphatic carbocycles. The first-order valence-electron chi connectivity index (χ1n) is 14.3. The quantitative estimate of drug-likeness (QED) is 0.0817. The van der Waals surface area contributed by atoms with Crippen molar-refractivity contribution in [2.45, 2.75) is 44.4 Å². The van der Waals surface area contributed by atoms with E-state index in [4.69, 9.17) is 15.0 Å². The highest BCUT2D eigenvalue weighted by Gasteiger charge is 2.30. The Morgan fingerprint density at radius 1 is 1.13 bits per heavy atom. The third-order valence-corrected chi connectivity index (χ3v) is 9.93. The number of aromatic nitrogens is 3. The van der Waals surface area contributed by atoms with E-state index >= 15 is 4.39 Å². The van der Waals surface area contributed by atoms with Crippen LogP contribution in [0.5, 0.6) is 0 Å². The number of halogens is 2. The largest absolute Gasteiger partial charge is 0.870 e. The number of esters is 1. The molecule has 1 atom stereocenters. The summed E-state index contributed by atoms with van der Waals surface area (Å²) in [5.74, 6) is 4.85. The van der Waals surface area contributed by atoms with Crippen LogP contribution in [0.15, 0.2) is 58.8 Å². The number of thiol groups is 1. The summed E-state index contributed by atoms with van der Waals surface area (Å²) in [6.07, 6.45) is 3.12. The molecule has 1 aliphatic rings. The van der Waals surface area contributed by atoms with Gasteiger partial charge in [-0.2, -0.15) is 5.10 Å². The lowest BCUT2D eigenvalue weighted by Crippen LogP contribution is -2.08. The number of ether oxygens (including phenoxy) is 1. The van der Waals surface area contributed by atoms with Gasteiger partial charge in [0.1, 0.15) is 5.82 Å². The van der Waals surface area contributed by atoms with Gasteiger partial charge in [-0.05, 0) is 87.1 Å². The van der Waals surface area contributed by atoms with Crippen LogP contribution in [0, 0.1) is 36.3 Å². The highest BCUT2D eigenvalue weighted by molar-refractivity contribution is 7.82. The van der Waals surface area contributed by atoms with Gasteiger partial charge in [0, 0.05) is 27.8 Å². The molecule has 1 unspecified atom stereocenters. The molecule has 6 rings (SSSR count). The van der Waals surface area contributed by atoms with Crippen LogP contribution in [0.1, 0.15) is 62.4 Å². The molecule has 5 aromatic rings. The maximum absolute atomic E-state index is 15.0. The first-order valence-corrected chi connectivity index (χ1v) is 17.3. The lowest BCUT2D eigenvalue weighted by atomic mass is 9.96. The number of hydrogen-bond donors (Lipinski definition) is 1. The Balaban J connectivity index is 0.00000417. The van der Waals surface area contributed by atoms with E-state index in [1.165, 1.54) is 40.9 Å². The van der Waals surface area contributed by atoms with Crippen molar-refractivity contribution < 1.29 is 28.0 Å². The van der Waals surface area contributed by atoms with E-state index in [0.717, 1.165) is 33.9 Å². The fourth-order valence-corrected chi connectivity index (χ4v) is 6.95. The molecule has 0 amide bonds. The van der Waals surface area contributed by atoms with Crippen LogP contribution >= 0.6 is 22.7 Å². The van der Waals surface area contributed by atoms with Crippen molar-refractivity contribution in [2.24, 2.45) is 11.1 Å². The van der Waals surface area contributed by atoms with Gasteiger partial charge in [0.25, 0.3) is 0 Å². The summed E-state index contributed by atoms with van der Waals surface area (Å²) in [7, 11) is -2.33. The zero-order chi connectivity index (χ0) is 31.7. The number of thiophene rings is 1. The van der Waals surface area contributed by atoms with Gasteiger partial charge in [0.05, 0.1) is 28.4 Å². The van der Waals surface area contributed by atoms with Crippen LogP contribution in [0.4, 0.5) is 8.78 Å². The molecule has 0 radical (unpaired) electrons. The summed E-state index contributed by atoms with van der Waals surface area (Å²) in [6.45, 7) is 3.95. The second-order valence-electron chi connectivity index (χ2n) is 10.7. The van der Waals surface area contributed by atoms with Crippen LogP contribution in [-0.2, 0) is 32.8 Å². The van der Waals surface area contributed by atoms with Crippen LogP contribution in [0.25, 0.3) is 16.4 Å². The maximum Gasteiger partial charge on any atom is 0.357 e. The van der Waals surface area contributed by atoms with Crippen molar-refractivity contribution in [1.82, 2.24) is 14.8 Å². The highest BCUT2D eigenvalue weighted by atomic mass is 32.2. The smallest absolute Gasteiger partial charge is 0.357 e. The molecule has 3 N–H and O–H groups in total. The molecule has 46 heavy (non-hydrogen) atoms. The number of thiazole rings is 1. The molecule has 13 heteroatoms.